The number of hydrogen-bond acceptors (Lipinski definition) is 4. The van der Waals surface area contributed by atoms with Crippen molar-refractivity contribution in [2.45, 2.75) is 50.1 Å². The average molecular weight is 404 g/mol. The minimum atomic E-state index is -4.61. The van der Waals surface area contributed by atoms with Crippen LogP contribution in [0.15, 0.2) is 36.5 Å². The quantitative estimate of drug-likeness (QED) is 0.675. The average Bonchev–Trinajstić information content (AvgIpc) is 2.62. The van der Waals surface area contributed by atoms with Crippen LogP contribution in [-0.2, 0) is 12.4 Å². The molecule has 1 aliphatic carbocycles. The lowest BCUT2D eigenvalue weighted by molar-refractivity contribution is -0.145. The van der Waals surface area contributed by atoms with Gasteiger partial charge in [-0.1, -0.05) is 6.07 Å². The van der Waals surface area contributed by atoms with Crippen molar-refractivity contribution in [2.75, 3.05) is 10.6 Å². The van der Waals surface area contributed by atoms with Gasteiger partial charge >= 0.3 is 12.4 Å². The number of halogens is 6. The van der Waals surface area contributed by atoms with Crippen LogP contribution in [0.3, 0.4) is 0 Å². The summed E-state index contributed by atoms with van der Waals surface area (Å²) in [4.78, 5) is 6.71. The SMILES string of the molecule is FC(F)(F)c1cccc(NC2CCC(Nc3ccnc(C(F)(F)F)n3)CC2)c1. The minimum Gasteiger partial charge on any atom is -0.382 e. The van der Waals surface area contributed by atoms with Crippen LogP contribution < -0.4 is 10.6 Å². The van der Waals surface area contributed by atoms with Crippen LogP contribution in [0, 0.1) is 0 Å². The van der Waals surface area contributed by atoms with Gasteiger partial charge < -0.3 is 10.6 Å². The third-order valence-corrected chi connectivity index (χ3v) is 4.55. The second-order valence-electron chi connectivity index (χ2n) is 6.68. The van der Waals surface area contributed by atoms with Gasteiger partial charge in [0, 0.05) is 24.0 Å². The summed E-state index contributed by atoms with van der Waals surface area (Å²) in [5.74, 6) is -1.09. The molecular weight excluding hydrogens is 386 g/mol. The number of rotatable bonds is 4. The van der Waals surface area contributed by atoms with Gasteiger partial charge in [-0.2, -0.15) is 26.3 Å². The minimum absolute atomic E-state index is 0.00216. The van der Waals surface area contributed by atoms with Crippen LogP contribution in [0.4, 0.5) is 37.8 Å². The number of benzene rings is 1. The fraction of sp³-hybridized carbons (Fsp3) is 0.444. The van der Waals surface area contributed by atoms with E-state index in [1.807, 2.05) is 0 Å². The van der Waals surface area contributed by atoms with E-state index >= 15 is 0 Å². The highest BCUT2D eigenvalue weighted by molar-refractivity contribution is 5.47. The zero-order valence-electron chi connectivity index (χ0n) is 14.6. The standard InChI is InChI=1S/C18H18F6N4/c19-17(20,21)11-2-1-3-14(10-11)26-12-4-6-13(7-5-12)27-15-8-9-25-16(28-15)18(22,23)24/h1-3,8-10,12-13,26H,4-7H2,(H,25,27,28). The molecule has 0 spiro atoms. The van der Waals surface area contributed by atoms with Gasteiger partial charge in [0.1, 0.15) is 5.82 Å². The maximum atomic E-state index is 12.8. The van der Waals surface area contributed by atoms with Crippen LogP contribution >= 0.6 is 0 Å². The fourth-order valence-electron chi connectivity index (χ4n) is 3.19. The second-order valence-corrected chi connectivity index (χ2v) is 6.68. The normalized spacial score (nSPS) is 20.6. The molecule has 4 nitrogen and oxygen atoms in total. The van der Waals surface area contributed by atoms with E-state index in [2.05, 4.69) is 20.6 Å². The smallest absolute Gasteiger partial charge is 0.382 e. The van der Waals surface area contributed by atoms with Crippen molar-refractivity contribution in [1.29, 1.82) is 0 Å². The molecule has 0 bridgehead atoms. The predicted molar refractivity (Wildman–Crippen MR) is 91.8 cm³/mol. The number of hydrogen-bond donors (Lipinski definition) is 2. The van der Waals surface area contributed by atoms with Gasteiger partial charge in [-0.15, -0.1) is 0 Å². The summed E-state index contributed by atoms with van der Waals surface area (Å²) in [5, 5.41) is 6.08. The van der Waals surface area contributed by atoms with Crippen LogP contribution in [0.25, 0.3) is 0 Å². The van der Waals surface area contributed by atoms with Crippen LogP contribution in [0.2, 0.25) is 0 Å². The molecule has 1 aromatic heterocycles. The molecule has 0 amide bonds. The number of aromatic nitrogens is 2. The number of nitrogens with zero attached hydrogens (tertiary/aromatic N) is 2. The lowest BCUT2D eigenvalue weighted by Crippen LogP contribution is -2.32. The molecule has 10 heteroatoms. The molecule has 0 aliphatic heterocycles. The van der Waals surface area contributed by atoms with E-state index in [0.29, 0.717) is 31.4 Å². The van der Waals surface area contributed by atoms with E-state index in [4.69, 9.17) is 0 Å². The summed E-state index contributed by atoms with van der Waals surface area (Å²) in [6, 6.07) is 6.34. The first-order valence-electron chi connectivity index (χ1n) is 8.72. The molecule has 1 aromatic carbocycles. The van der Waals surface area contributed by atoms with Crippen molar-refractivity contribution in [3.8, 4) is 0 Å². The third kappa shape index (κ3) is 5.26. The molecule has 1 saturated carbocycles. The first kappa shape index (κ1) is 20.2. The molecular formula is C18H18F6N4. The van der Waals surface area contributed by atoms with Crippen molar-refractivity contribution < 1.29 is 26.3 Å². The Bertz CT molecular complexity index is 730. The van der Waals surface area contributed by atoms with E-state index in [9.17, 15) is 26.3 Å². The van der Waals surface area contributed by atoms with E-state index in [1.54, 1.807) is 6.07 Å². The van der Waals surface area contributed by atoms with E-state index < -0.39 is 23.7 Å². The Labute approximate surface area is 157 Å². The molecule has 2 aromatic rings. The van der Waals surface area contributed by atoms with E-state index in [1.165, 1.54) is 12.1 Å². The summed E-state index contributed by atoms with van der Waals surface area (Å²) < 4.78 is 76.4. The van der Waals surface area contributed by atoms with Crippen LogP contribution in [0.1, 0.15) is 37.1 Å². The molecule has 2 N–H and O–H groups in total. The van der Waals surface area contributed by atoms with Crippen molar-refractivity contribution in [3.05, 3.63) is 47.9 Å². The summed E-state index contributed by atoms with van der Waals surface area (Å²) in [6.45, 7) is 0. The molecule has 0 radical (unpaired) electrons. The first-order chi connectivity index (χ1) is 13.1. The van der Waals surface area contributed by atoms with Crippen LogP contribution in [-0.4, -0.2) is 22.1 Å². The number of alkyl halides is 6. The summed E-state index contributed by atoms with van der Waals surface area (Å²) in [6.07, 6.45) is -5.30. The third-order valence-electron chi connectivity index (χ3n) is 4.55. The van der Waals surface area contributed by atoms with Crippen molar-refractivity contribution in [2.24, 2.45) is 0 Å². The highest BCUT2D eigenvalue weighted by Gasteiger charge is 2.35. The van der Waals surface area contributed by atoms with E-state index in [-0.39, 0.29) is 17.9 Å². The Hall–Kier alpha value is -2.52. The molecule has 1 heterocycles. The molecule has 0 saturated heterocycles. The number of anilines is 2. The largest absolute Gasteiger partial charge is 0.451 e. The lowest BCUT2D eigenvalue weighted by atomic mass is 9.91. The summed E-state index contributed by atoms with van der Waals surface area (Å²) >= 11 is 0. The van der Waals surface area contributed by atoms with Gasteiger partial charge in [0.2, 0.25) is 5.82 Å². The van der Waals surface area contributed by atoms with Gasteiger partial charge in [-0.05, 0) is 49.9 Å². The zero-order valence-corrected chi connectivity index (χ0v) is 14.6. The van der Waals surface area contributed by atoms with Gasteiger partial charge in [0.15, 0.2) is 0 Å². The second kappa shape index (κ2) is 7.84. The maximum absolute atomic E-state index is 12.8. The first-order valence-corrected chi connectivity index (χ1v) is 8.72. The molecule has 28 heavy (non-hydrogen) atoms. The number of nitrogens with one attached hydrogen (secondary N) is 2. The van der Waals surface area contributed by atoms with Gasteiger partial charge in [-0.25, -0.2) is 9.97 Å². The predicted octanol–water partition coefficient (Wildman–Crippen LogP) is 5.35. The van der Waals surface area contributed by atoms with Crippen molar-refractivity contribution >= 4 is 11.5 Å². The Morgan fingerprint density at radius 2 is 1.46 bits per heavy atom. The Morgan fingerprint density at radius 3 is 2.07 bits per heavy atom. The topological polar surface area (TPSA) is 49.8 Å². The maximum Gasteiger partial charge on any atom is 0.451 e. The molecule has 152 valence electrons. The van der Waals surface area contributed by atoms with Gasteiger partial charge in [-0.3, -0.25) is 0 Å². The van der Waals surface area contributed by atoms with Gasteiger partial charge in [0.05, 0.1) is 5.56 Å². The van der Waals surface area contributed by atoms with Crippen molar-refractivity contribution in [3.63, 3.8) is 0 Å². The molecule has 0 atom stereocenters. The Balaban J connectivity index is 1.54. The monoisotopic (exact) mass is 404 g/mol. The fourth-order valence-corrected chi connectivity index (χ4v) is 3.19. The molecule has 0 unspecified atom stereocenters. The summed E-state index contributed by atoms with van der Waals surface area (Å²) in [5.41, 5.74) is -0.311. The highest BCUT2D eigenvalue weighted by Crippen LogP contribution is 2.32. The zero-order chi connectivity index (χ0) is 20.4. The van der Waals surface area contributed by atoms with Crippen molar-refractivity contribution in [1.82, 2.24) is 9.97 Å². The lowest BCUT2D eigenvalue weighted by Gasteiger charge is -2.30. The van der Waals surface area contributed by atoms with E-state index in [0.717, 1.165) is 18.3 Å². The summed E-state index contributed by atoms with van der Waals surface area (Å²) in [7, 11) is 0. The Kier molecular flexibility index (Phi) is 5.66. The highest BCUT2D eigenvalue weighted by atomic mass is 19.4. The Morgan fingerprint density at radius 1 is 0.821 bits per heavy atom. The van der Waals surface area contributed by atoms with Gasteiger partial charge in [0.25, 0.3) is 0 Å². The molecule has 1 aliphatic rings. The molecule has 1 fully saturated rings. The van der Waals surface area contributed by atoms with Crippen LogP contribution in [0.5, 0.6) is 0 Å². The molecule has 3 rings (SSSR count).